The Balaban J connectivity index is 0.000000158. The second kappa shape index (κ2) is 33.4. The van der Waals surface area contributed by atoms with Crippen molar-refractivity contribution in [2.75, 3.05) is 50.5 Å². The van der Waals surface area contributed by atoms with E-state index in [2.05, 4.69) is 104 Å². The van der Waals surface area contributed by atoms with E-state index in [9.17, 15) is 36.4 Å². The molecule has 1 aliphatic carbocycles. The van der Waals surface area contributed by atoms with Crippen LogP contribution in [0.25, 0.3) is 94.0 Å². The number of nitrogens with two attached hydrogens (primary N) is 2. The van der Waals surface area contributed by atoms with Crippen molar-refractivity contribution in [2.45, 2.75) is 98.4 Å². The van der Waals surface area contributed by atoms with E-state index in [1.165, 1.54) is 43.0 Å². The summed E-state index contributed by atoms with van der Waals surface area (Å²) in [4.78, 5) is 57.8. The molecule has 3 amide bonds. The van der Waals surface area contributed by atoms with Crippen molar-refractivity contribution in [2.24, 2.45) is 7.05 Å². The number of allylic oxidation sites excluding steroid dienone is 1. The van der Waals surface area contributed by atoms with E-state index in [1.54, 1.807) is 54.4 Å². The van der Waals surface area contributed by atoms with Gasteiger partial charge in [0.2, 0.25) is 0 Å². The lowest BCUT2D eigenvalue weighted by molar-refractivity contribution is -0.124. The van der Waals surface area contributed by atoms with Crippen molar-refractivity contribution < 1.29 is 44.0 Å². The molecule has 0 bridgehead atoms. The fourth-order valence-electron chi connectivity index (χ4n) is 14.1. The third-order valence-corrected chi connectivity index (χ3v) is 21.6. The standard InChI is InChI=1S/C24H21FN2O2.C22H21FN4O3S.2C20H22N4O.2H2/c1-26-20-10-9-16(25)13-18(20)21-19(24(29)27-11-5-6-12-27)14-17(23(28)22(21)26)15-7-3-2-4-8-15;1-4-27-13-24-21-18(12-25-26-22(21)27)14-6-9-19(23)17(10-14)16-8-7-15(11-20(16)30-3)31(28,29)5-2;1-4-11-22-20(25)19-17(21)15-10-6-9-14(18(15)23-24-19)16-12(2)7-5-8-13(16)3;1-4-10-22-20(25)19-17(21)15-7-5-6-14(18(15)23-24-19)16-11-12(2)8-9-13(16)3;;/h2-4,7-10,13-14,17H,5-6,11-12H2,1H3;6-13H,4-5H2,1-3H3;5-10H,4,11H2,1-3H3,(H2,21,23)(H,22,25);5-9,11H,4,10H2,1-3H3,(H2,21,23)(H,22,25);2*1H. The van der Waals surface area contributed by atoms with Gasteiger partial charge in [0.05, 0.1) is 53.3 Å². The van der Waals surface area contributed by atoms with Gasteiger partial charge in [-0.2, -0.15) is 5.10 Å². The number of nitrogen functional groups attached to an aromatic ring is 2. The largest absolute Gasteiger partial charge is 0.496 e. The fourth-order valence-corrected chi connectivity index (χ4v) is 15.0. The highest BCUT2D eigenvalue weighted by molar-refractivity contribution is 7.91. The highest BCUT2D eigenvalue weighted by Gasteiger charge is 2.38. The molecular formula is C86H90F2N14O7S. The summed E-state index contributed by atoms with van der Waals surface area (Å²) < 4.78 is 62.4. The lowest BCUT2D eigenvalue weighted by Gasteiger charge is -2.25. The van der Waals surface area contributed by atoms with Crippen LogP contribution in [0.3, 0.4) is 0 Å². The zero-order chi connectivity index (χ0) is 78.2. The van der Waals surface area contributed by atoms with E-state index in [4.69, 9.17) is 16.2 Å². The number of carbonyl (C=O) groups is 4. The number of anilines is 2. The highest BCUT2D eigenvalue weighted by Crippen LogP contribution is 2.43. The zero-order valence-electron chi connectivity index (χ0n) is 63.0. The molecule has 1 saturated heterocycles. The SMILES string of the molecule is CCCNC(=O)c1nnc2c(-c3c(C)cccc3C)cccc2c1N.CCCNC(=O)c1nnc2c(-c3cc(C)ccc3C)cccc2c1N.CCn1cnc2c(-c3ccc(F)c(-c4ccc(S(=O)(=O)CC)cc4OC)c3)cnnc21.Cn1c2c(c3cc(F)ccc31)C(C(=O)N1CCCC1)=CC(c1ccccc1)C2=O.[HH].[HH]. The zero-order valence-corrected chi connectivity index (χ0v) is 63.9. The second-order valence-electron chi connectivity index (χ2n) is 27.1. The Kier molecular flexibility index (Phi) is 23.4. The van der Waals surface area contributed by atoms with Crippen LogP contribution in [0, 0.1) is 39.3 Å². The van der Waals surface area contributed by atoms with Gasteiger partial charge in [0.1, 0.15) is 33.9 Å². The molecular weight excluding hydrogens is 1410 g/mol. The van der Waals surface area contributed by atoms with E-state index in [-0.39, 0.29) is 65.5 Å². The van der Waals surface area contributed by atoms with E-state index >= 15 is 0 Å². The van der Waals surface area contributed by atoms with E-state index in [0.29, 0.717) is 99.6 Å². The first-order valence-corrected chi connectivity index (χ1v) is 38.2. The Morgan fingerprint density at radius 2 is 1.25 bits per heavy atom. The number of halogens is 2. The first-order chi connectivity index (χ1) is 53.0. The number of ketones is 1. The Labute approximate surface area is 639 Å². The number of Topliss-reactive ketones (excluding diaryl/α,β-unsaturated/α-hetero) is 1. The normalized spacial score (nSPS) is 13.2. The number of ether oxygens (including phenoxy) is 1. The van der Waals surface area contributed by atoms with Gasteiger partial charge in [0, 0.05) is 103 Å². The first kappa shape index (κ1) is 77.2. The number of aryl methyl sites for hydroxylation is 6. The van der Waals surface area contributed by atoms with Gasteiger partial charge in [-0.05, 0) is 148 Å². The molecule has 1 aliphatic heterocycles. The molecule has 0 saturated carbocycles. The fraction of sp³-hybridized carbons (Fsp3) is 0.244. The van der Waals surface area contributed by atoms with Crippen molar-refractivity contribution in [3.63, 3.8) is 0 Å². The number of fused-ring (bicyclic) bond motifs is 6. The summed E-state index contributed by atoms with van der Waals surface area (Å²) in [7, 11) is -0.180. The molecule has 5 aromatic heterocycles. The summed E-state index contributed by atoms with van der Waals surface area (Å²) in [5, 5.41) is 32.8. The Bertz CT molecular complexity index is 5870. The number of imidazole rings is 1. The highest BCUT2D eigenvalue weighted by atomic mass is 32.2. The van der Waals surface area contributed by atoms with Gasteiger partial charge >= 0.3 is 0 Å². The molecule has 15 rings (SSSR count). The Morgan fingerprint density at radius 1 is 0.618 bits per heavy atom. The number of aromatic nitrogens is 9. The molecule has 8 aromatic carbocycles. The summed E-state index contributed by atoms with van der Waals surface area (Å²) in [6.45, 7) is 19.1. The monoisotopic (exact) mass is 1500 g/mol. The Hall–Kier alpha value is -12.4. The van der Waals surface area contributed by atoms with Gasteiger partial charge in [-0.3, -0.25) is 19.2 Å². The smallest absolute Gasteiger partial charge is 0.273 e. The van der Waals surface area contributed by atoms with E-state index in [0.717, 1.165) is 92.0 Å². The van der Waals surface area contributed by atoms with Crippen LogP contribution in [0.15, 0.2) is 181 Å². The number of hydrogen-bond donors (Lipinski definition) is 4. The van der Waals surface area contributed by atoms with Crippen LogP contribution in [0.4, 0.5) is 20.2 Å². The van der Waals surface area contributed by atoms with Crippen molar-refractivity contribution >= 4 is 94.2 Å². The molecule has 24 heteroatoms. The van der Waals surface area contributed by atoms with Crippen LogP contribution in [0.2, 0.25) is 0 Å². The molecule has 1 fully saturated rings. The summed E-state index contributed by atoms with van der Waals surface area (Å²) in [5.74, 6) is -1.83. The second-order valence-corrected chi connectivity index (χ2v) is 29.4. The van der Waals surface area contributed by atoms with Gasteiger partial charge in [0.15, 0.2) is 32.7 Å². The molecule has 0 radical (unpaired) electrons. The molecule has 110 heavy (non-hydrogen) atoms. The van der Waals surface area contributed by atoms with E-state index in [1.807, 2.05) is 110 Å². The third-order valence-electron chi connectivity index (χ3n) is 19.9. The number of benzene rings is 8. The topological polar surface area (TPSA) is 291 Å². The molecule has 21 nitrogen and oxygen atoms in total. The van der Waals surface area contributed by atoms with Crippen LogP contribution in [-0.4, -0.2) is 121 Å². The van der Waals surface area contributed by atoms with Gasteiger partial charge in [-0.15, -0.1) is 25.5 Å². The number of amides is 3. The van der Waals surface area contributed by atoms with E-state index < -0.39 is 21.6 Å². The number of carbonyl (C=O) groups excluding carboxylic acids is 4. The molecule has 566 valence electrons. The maximum absolute atomic E-state index is 14.8. The lowest BCUT2D eigenvalue weighted by Crippen LogP contribution is -2.31. The van der Waals surface area contributed by atoms with Gasteiger partial charge < -0.3 is 40.9 Å². The average Bonchev–Trinajstić information content (AvgIpc) is 1.53. The molecule has 6 N–H and O–H groups in total. The number of methoxy groups -OCH3 is 1. The molecule has 1 atom stereocenters. The van der Waals surface area contributed by atoms with Crippen LogP contribution >= 0.6 is 0 Å². The van der Waals surface area contributed by atoms with Gasteiger partial charge in [-0.1, -0.05) is 142 Å². The molecule has 6 heterocycles. The predicted molar refractivity (Wildman–Crippen MR) is 433 cm³/mol. The third kappa shape index (κ3) is 15.5. The molecule has 2 aliphatic rings. The average molecular weight is 1500 g/mol. The summed E-state index contributed by atoms with van der Waals surface area (Å²) >= 11 is 0. The van der Waals surface area contributed by atoms with Gasteiger partial charge in [0.25, 0.3) is 17.7 Å². The van der Waals surface area contributed by atoms with Crippen molar-refractivity contribution in [3.8, 4) is 50.3 Å². The summed E-state index contributed by atoms with van der Waals surface area (Å²) in [6, 6.07) is 47.3. The molecule has 0 spiro atoms. The van der Waals surface area contributed by atoms with Crippen LogP contribution in [0.1, 0.15) is 127 Å². The summed E-state index contributed by atoms with van der Waals surface area (Å²) in [6.07, 6.45) is 8.75. The number of rotatable bonds is 16. The Morgan fingerprint density at radius 3 is 1.88 bits per heavy atom. The lowest BCUT2D eigenvalue weighted by atomic mass is 9.82. The number of hydrogen-bond acceptors (Lipinski definition) is 16. The van der Waals surface area contributed by atoms with Crippen LogP contribution in [-0.2, 0) is 28.2 Å². The van der Waals surface area contributed by atoms with Crippen LogP contribution < -0.4 is 26.8 Å². The number of likely N-dealkylation sites (tertiary alicyclic amines) is 1. The van der Waals surface area contributed by atoms with Crippen molar-refractivity contribution in [1.29, 1.82) is 0 Å². The molecule has 1 unspecified atom stereocenters. The van der Waals surface area contributed by atoms with Crippen molar-refractivity contribution in [1.82, 2.24) is 60.2 Å². The maximum atomic E-state index is 14.8. The number of nitrogens with one attached hydrogen (secondary N) is 2. The summed E-state index contributed by atoms with van der Waals surface area (Å²) in [5.41, 5.74) is 30.5. The van der Waals surface area contributed by atoms with Crippen molar-refractivity contribution in [3.05, 3.63) is 238 Å². The molecule has 13 aromatic rings. The minimum Gasteiger partial charge on any atom is -0.496 e. The number of nitrogens with zero attached hydrogens (tertiary/aromatic N) is 10. The quantitative estimate of drug-likeness (QED) is 0.0699. The van der Waals surface area contributed by atoms with Crippen LogP contribution in [0.5, 0.6) is 5.75 Å². The maximum Gasteiger partial charge on any atom is 0.273 e. The number of sulfone groups is 1. The minimum atomic E-state index is -3.42. The minimum absolute atomic E-state index is 0. The predicted octanol–water partition coefficient (Wildman–Crippen LogP) is 16.2. The van der Waals surface area contributed by atoms with Gasteiger partial charge in [-0.25, -0.2) is 22.2 Å². The first-order valence-electron chi connectivity index (χ1n) is 36.6.